The van der Waals surface area contributed by atoms with Crippen LogP contribution in [-0.4, -0.2) is 19.5 Å². The van der Waals surface area contributed by atoms with Crippen LogP contribution in [-0.2, 0) is 0 Å². The lowest BCUT2D eigenvalue weighted by atomic mass is 10.1. The first kappa shape index (κ1) is 14.8. The second-order valence-corrected chi connectivity index (χ2v) is 4.40. The summed E-state index contributed by atoms with van der Waals surface area (Å²) in [6.07, 6.45) is 2.55. The molecule has 0 aliphatic rings. The summed E-state index contributed by atoms with van der Waals surface area (Å²) in [5.74, 6) is -0.578. The largest absolute Gasteiger partial charge is 0.497 e. The van der Waals surface area contributed by atoms with Gasteiger partial charge in [0, 0.05) is 0 Å². The van der Waals surface area contributed by atoms with Crippen molar-refractivity contribution in [2.75, 3.05) is 7.11 Å². The number of methoxy groups -OCH3 is 1. The van der Waals surface area contributed by atoms with Crippen molar-refractivity contribution in [1.29, 1.82) is 0 Å². The maximum Gasteiger partial charge on any atom is 0.135 e. The molecule has 2 rings (SSSR count). The lowest BCUT2D eigenvalue weighted by Gasteiger charge is -2.00. The van der Waals surface area contributed by atoms with E-state index in [4.69, 9.17) is 4.74 Å². The van der Waals surface area contributed by atoms with E-state index in [0.717, 1.165) is 17.5 Å². The molecule has 0 unspecified atom stereocenters. The van der Waals surface area contributed by atoms with Gasteiger partial charge >= 0.3 is 0 Å². The van der Waals surface area contributed by atoms with Crippen LogP contribution >= 0.6 is 0 Å². The summed E-state index contributed by atoms with van der Waals surface area (Å²) < 4.78 is 32.1. The summed E-state index contributed by atoms with van der Waals surface area (Å²) in [5, 5.41) is 7.43. The normalized spacial score (nSPS) is 11.4. The number of aryl methyl sites for hydroxylation is 1. The first-order valence-corrected chi connectivity index (χ1v) is 6.26. The van der Waals surface area contributed by atoms with Crippen molar-refractivity contribution in [1.82, 2.24) is 0 Å². The molecule has 0 atom stereocenters. The fourth-order valence-corrected chi connectivity index (χ4v) is 1.72. The van der Waals surface area contributed by atoms with Crippen molar-refractivity contribution in [3.8, 4) is 5.75 Å². The molecule has 0 aliphatic carbocycles. The number of hydrogen-bond acceptors (Lipinski definition) is 3. The van der Waals surface area contributed by atoms with E-state index < -0.39 is 11.6 Å². The molecule has 0 fully saturated rings. The van der Waals surface area contributed by atoms with Crippen molar-refractivity contribution >= 4 is 12.4 Å². The molecule has 0 aliphatic heterocycles. The van der Waals surface area contributed by atoms with Gasteiger partial charge in [-0.3, -0.25) is 0 Å². The Kier molecular flexibility index (Phi) is 4.77. The monoisotopic (exact) mass is 288 g/mol. The second-order valence-electron chi connectivity index (χ2n) is 4.40. The van der Waals surface area contributed by atoms with E-state index in [0.29, 0.717) is 5.56 Å². The van der Waals surface area contributed by atoms with Gasteiger partial charge in [0.2, 0.25) is 0 Å². The summed E-state index contributed by atoms with van der Waals surface area (Å²) in [4.78, 5) is 0. The van der Waals surface area contributed by atoms with Crippen molar-refractivity contribution in [2.24, 2.45) is 10.2 Å². The van der Waals surface area contributed by atoms with Crippen molar-refractivity contribution < 1.29 is 13.5 Å². The minimum Gasteiger partial charge on any atom is -0.497 e. The second kappa shape index (κ2) is 6.74. The first-order valence-electron chi connectivity index (χ1n) is 6.26. The molecule has 108 valence electrons. The molecule has 2 aromatic carbocycles. The maximum atomic E-state index is 13.5. The summed E-state index contributed by atoms with van der Waals surface area (Å²) in [5.41, 5.74) is 1.12. The topological polar surface area (TPSA) is 34.0 Å². The van der Waals surface area contributed by atoms with Crippen LogP contribution in [0.4, 0.5) is 8.78 Å². The van der Waals surface area contributed by atoms with Crippen LogP contribution in [0.5, 0.6) is 5.75 Å². The standard InChI is InChI=1S/C16H14F2N2O/c1-11-7-15(17)14(16(18)8-11)10-20-19-9-12-3-5-13(21-2)6-4-12/h3-10H,1-2H3. The Morgan fingerprint density at radius 3 is 2.10 bits per heavy atom. The van der Waals surface area contributed by atoms with Gasteiger partial charge in [0.05, 0.1) is 25.1 Å². The van der Waals surface area contributed by atoms with Crippen LogP contribution in [0.1, 0.15) is 16.7 Å². The lowest BCUT2D eigenvalue weighted by Crippen LogP contribution is -1.95. The quantitative estimate of drug-likeness (QED) is 0.623. The number of ether oxygens (including phenoxy) is 1. The molecular weight excluding hydrogens is 274 g/mol. The van der Waals surface area contributed by atoms with E-state index in [9.17, 15) is 8.78 Å². The average molecular weight is 288 g/mol. The Hall–Kier alpha value is -2.56. The summed E-state index contributed by atoms with van der Waals surface area (Å²) >= 11 is 0. The third kappa shape index (κ3) is 3.95. The first-order chi connectivity index (χ1) is 10.1. The van der Waals surface area contributed by atoms with E-state index in [-0.39, 0.29) is 5.56 Å². The number of hydrogen-bond donors (Lipinski definition) is 0. The molecule has 0 bridgehead atoms. The molecule has 0 amide bonds. The minimum atomic E-state index is -0.657. The zero-order valence-corrected chi connectivity index (χ0v) is 11.7. The van der Waals surface area contributed by atoms with Crippen molar-refractivity contribution in [2.45, 2.75) is 6.92 Å². The molecule has 3 nitrogen and oxygen atoms in total. The van der Waals surface area contributed by atoms with Gasteiger partial charge in [-0.1, -0.05) is 0 Å². The molecule has 2 aromatic rings. The number of benzene rings is 2. The maximum absolute atomic E-state index is 13.5. The Balaban J connectivity index is 2.09. The molecule has 0 heterocycles. The molecule has 21 heavy (non-hydrogen) atoms. The fourth-order valence-electron chi connectivity index (χ4n) is 1.72. The third-order valence-corrected chi connectivity index (χ3v) is 2.80. The predicted octanol–water partition coefficient (Wildman–Crippen LogP) is 3.73. The van der Waals surface area contributed by atoms with Gasteiger partial charge in [0.25, 0.3) is 0 Å². The van der Waals surface area contributed by atoms with E-state index in [1.807, 2.05) is 0 Å². The Labute approximate surface area is 121 Å². The van der Waals surface area contributed by atoms with Gasteiger partial charge in [-0.05, 0) is 54.4 Å². The smallest absolute Gasteiger partial charge is 0.135 e. The summed E-state index contributed by atoms with van der Waals surface area (Å²) in [6.45, 7) is 1.62. The van der Waals surface area contributed by atoms with Gasteiger partial charge in [-0.25, -0.2) is 8.78 Å². The van der Waals surface area contributed by atoms with Gasteiger partial charge < -0.3 is 4.74 Å². The highest BCUT2D eigenvalue weighted by Crippen LogP contribution is 2.13. The van der Waals surface area contributed by atoms with E-state index >= 15 is 0 Å². The molecular formula is C16H14F2N2O. The summed E-state index contributed by atoms with van der Waals surface area (Å²) in [6, 6.07) is 9.65. The Morgan fingerprint density at radius 1 is 0.952 bits per heavy atom. The van der Waals surface area contributed by atoms with Gasteiger partial charge in [-0.2, -0.15) is 10.2 Å². The highest BCUT2D eigenvalue weighted by molar-refractivity contribution is 5.83. The zero-order valence-electron chi connectivity index (χ0n) is 11.7. The van der Waals surface area contributed by atoms with Gasteiger partial charge in [-0.15, -0.1) is 0 Å². The molecule has 0 saturated carbocycles. The van der Waals surface area contributed by atoms with Crippen molar-refractivity contribution in [3.63, 3.8) is 0 Å². The molecule has 0 saturated heterocycles. The zero-order chi connectivity index (χ0) is 15.2. The van der Waals surface area contributed by atoms with Crippen LogP contribution in [0.3, 0.4) is 0 Å². The highest BCUT2D eigenvalue weighted by Gasteiger charge is 2.07. The van der Waals surface area contributed by atoms with Crippen LogP contribution in [0.25, 0.3) is 0 Å². The van der Waals surface area contributed by atoms with Crippen LogP contribution in [0.15, 0.2) is 46.6 Å². The van der Waals surface area contributed by atoms with Crippen LogP contribution in [0, 0.1) is 18.6 Å². The highest BCUT2D eigenvalue weighted by atomic mass is 19.1. The Bertz CT molecular complexity index is 656. The number of halogens is 2. The fraction of sp³-hybridized carbons (Fsp3) is 0.125. The number of nitrogens with zero attached hydrogens (tertiary/aromatic N) is 2. The molecule has 0 spiro atoms. The van der Waals surface area contributed by atoms with E-state index in [2.05, 4.69) is 10.2 Å². The van der Waals surface area contributed by atoms with Crippen molar-refractivity contribution in [3.05, 3.63) is 64.7 Å². The van der Waals surface area contributed by atoms with E-state index in [1.165, 1.54) is 18.3 Å². The van der Waals surface area contributed by atoms with Gasteiger partial charge in [0.15, 0.2) is 0 Å². The minimum absolute atomic E-state index is 0.201. The summed E-state index contributed by atoms with van der Waals surface area (Å²) in [7, 11) is 1.58. The molecule has 0 aromatic heterocycles. The van der Waals surface area contributed by atoms with Crippen LogP contribution < -0.4 is 4.74 Å². The molecule has 0 radical (unpaired) electrons. The lowest BCUT2D eigenvalue weighted by molar-refractivity contribution is 0.415. The Morgan fingerprint density at radius 2 is 1.52 bits per heavy atom. The van der Waals surface area contributed by atoms with Crippen LogP contribution in [0.2, 0.25) is 0 Å². The molecule has 5 heteroatoms. The van der Waals surface area contributed by atoms with Gasteiger partial charge in [0.1, 0.15) is 17.4 Å². The molecule has 0 N–H and O–H groups in total. The number of rotatable bonds is 4. The predicted molar refractivity (Wildman–Crippen MR) is 79.3 cm³/mol. The third-order valence-electron chi connectivity index (χ3n) is 2.80. The van der Waals surface area contributed by atoms with E-state index in [1.54, 1.807) is 38.3 Å². The SMILES string of the molecule is COc1ccc(C=NN=Cc2c(F)cc(C)cc2F)cc1. The average Bonchev–Trinajstić information content (AvgIpc) is 2.46.